The van der Waals surface area contributed by atoms with Crippen molar-refractivity contribution in [3.05, 3.63) is 11.0 Å². The Morgan fingerprint density at radius 2 is 2.60 bits per heavy atom. The summed E-state index contributed by atoms with van der Waals surface area (Å²) in [5.41, 5.74) is 1.62. The first-order chi connectivity index (χ1) is 4.83. The van der Waals surface area contributed by atoms with Crippen molar-refractivity contribution in [2.24, 2.45) is 0 Å². The molecule has 0 amide bonds. The Bertz CT molecular complexity index is 131. The van der Waals surface area contributed by atoms with Crippen molar-refractivity contribution in [2.75, 3.05) is 12.8 Å². The Kier molecular flexibility index (Phi) is 3.29. The molecule has 1 atom stereocenters. The van der Waals surface area contributed by atoms with E-state index in [1.54, 1.807) is 5.57 Å². The minimum absolute atomic E-state index is 0.643. The van der Waals surface area contributed by atoms with Crippen molar-refractivity contribution in [1.29, 1.82) is 0 Å². The van der Waals surface area contributed by atoms with E-state index in [0.29, 0.717) is 6.04 Å². The molecule has 0 saturated carbocycles. The molecular formula is C8H15NS. The molecule has 0 spiro atoms. The zero-order valence-corrected chi connectivity index (χ0v) is 7.50. The van der Waals surface area contributed by atoms with Gasteiger partial charge in [0.1, 0.15) is 0 Å². The molecule has 1 heterocycles. The molecule has 0 fully saturated rings. The highest BCUT2D eigenvalue weighted by Crippen LogP contribution is 2.24. The van der Waals surface area contributed by atoms with E-state index in [2.05, 4.69) is 17.6 Å². The molecule has 58 valence electrons. The molecule has 10 heavy (non-hydrogen) atoms. The summed E-state index contributed by atoms with van der Waals surface area (Å²) in [4.78, 5) is 0. The average molecular weight is 157 g/mol. The minimum atomic E-state index is 0.643. The number of rotatable bonds is 3. The summed E-state index contributed by atoms with van der Waals surface area (Å²) in [5.74, 6) is 1.30. The van der Waals surface area contributed by atoms with Crippen LogP contribution < -0.4 is 5.32 Å². The second-order valence-corrected chi connectivity index (χ2v) is 3.77. The van der Waals surface area contributed by atoms with Gasteiger partial charge in [-0.25, -0.2) is 0 Å². The van der Waals surface area contributed by atoms with E-state index in [1.165, 1.54) is 18.6 Å². The maximum atomic E-state index is 3.24. The SMILES string of the molecule is CNC(C)CC1=CSCC1. The predicted molar refractivity (Wildman–Crippen MR) is 48.3 cm³/mol. The number of thioether (sulfide) groups is 1. The molecule has 0 bridgehead atoms. The van der Waals surface area contributed by atoms with Crippen LogP contribution in [0.3, 0.4) is 0 Å². The standard InChI is InChI=1S/C8H15NS/c1-7(9-2)5-8-3-4-10-6-8/h6-7,9H,3-5H2,1-2H3. The highest BCUT2D eigenvalue weighted by atomic mass is 32.2. The fraction of sp³-hybridized carbons (Fsp3) is 0.750. The van der Waals surface area contributed by atoms with Gasteiger partial charge in [0.05, 0.1) is 0 Å². The summed E-state index contributed by atoms with van der Waals surface area (Å²) in [6.45, 7) is 2.23. The van der Waals surface area contributed by atoms with E-state index in [-0.39, 0.29) is 0 Å². The maximum absolute atomic E-state index is 3.24. The van der Waals surface area contributed by atoms with Crippen LogP contribution in [-0.2, 0) is 0 Å². The Balaban J connectivity index is 2.23. The summed E-state index contributed by atoms with van der Waals surface area (Å²) in [5, 5.41) is 5.56. The fourth-order valence-electron chi connectivity index (χ4n) is 1.07. The highest BCUT2D eigenvalue weighted by Gasteiger charge is 2.07. The van der Waals surface area contributed by atoms with Crippen molar-refractivity contribution in [2.45, 2.75) is 25.8 Å². The van der Waals surface area contributed by atoms with E-state index < -0.39 is 0 Å². The first kappa shape index (κ1) is 8.15. The Morgan fingerprint density at radius 3 is 3.10 bits per heavy atom. The second kappa shape index (κ2) is 4.04. The van der Waals surface area contributed by atoms with Crippen LogP contribution in [0, 0.1) is 0 Å². The van der Waals surface area contributed by atoms with E-state index in [9.17, 15) is 0 Å². The van der Waals surface area contributed by atoms with Crippen LogP contribution in [-0.4, -0.2) is 18.8 Å². The van der Waals surface area contributed by atoms with Crippen LogP contribution in [0.4, 0.5) is 0 Å². The Morgan fingerprint density at radius 1 is 1.80 bits per heavy atom. The predicted octanol–water partition coefficient (Wildman–Crippen LogP) is 2.01. The average Bonchev–Trinajstić information content (AvgIpc) is 2.40. The van der Waals surface area contributed by atoms with Crippen molar-refractivity contribution < 1.29 is 0 Å². The molecule has 0 saturated heterocycles. The molecule has 0 aromatic rings. The van der Waals surface area contributed by atoms with E-state index in [1.807, 2.05) is 18.8 Å². The molecule has 1 unspecified atom stereocenters. The van der Waals surface area contributed by atoms with Gasteiger partial charge in [0.2, 0.25) is 0 Å². The van der Waals surface area contributed by atoms with Crippen LogP contribution in [0.2, 0.25) is 0 Å². The largest absolute Gasteiger partial charge is 0.317 e. The topological polar surface area (TPSA) is 12.0 Å². The van der Waals surface area contributed by atoms with Crippen LogP contribution in [0.25, 0.3) is 0 Å². The van der Waals surface area contributed by atoms with Gasteiger partial charge in [-0.1, -0.05) is 5.57 Å². The lowest BCUT2D eigenvalue weighted by atomic mass is 10.1. The van der Waals surface area contributed by atoms with Crippen LogP contribution in [0.1, 0.15) is 19.8 Å². The lowest BCUT2D eigenvalue weighted by Gasteiger charge is -2.09. The van der Waals surface area contributed by atoms with Gasteiger partial charge in [0.25, 0.3) is 0 Å². The normalized spacial score (nSPS) is 20.8. The Labute approximate surface area is 67.3 Å². The smallest absolute Gasteiger partial charge is 0.00732 e. The highest BCUT2D eigenvalue weighted by molar-refractivity contribution is 8.02. The van der Waals surface area contributed by atoms with Gasteiger partial charge < -0.3 is 5.32 Å². The molecule has 1 nitrogen and oxygen atoms in total. The lowest BCUT2D eigenvalue weighted by Crippen LogP contribution is -2.21. The summed E-state index contributed by atoms with van der Waals surface area (Å²) in [6, 6.07) is 0.643. The molecule has 0 aromatic heterocycles. The number of hydrogen-bond donors (Lipinski definition) is 1. The zero-order valence-electron chi connectivity index (χ0n) is 6.68. The Hall–Kier alpha value is 0.0500. The molecule has 1 aliphatic heterocycles. The van der Waals surface area contributed by atoms with Crippen molar-refractivity contribution in [3.63, 3.8) is 0 Å². The molecule has 1 N–H and O–H groups in total. The molecule has 1 aliphatic rings. The van der Waals surface area contributed by atoms with Gasteiger partial charge in [-0.15, -0.1) is 11.8 Å². The molecular weight excluding hydrogens is 142 g/mol. The molecule has 1 rings (SSSR count). The van der Waals surface area contributed by atoms with Crippen LogP contribution >= 0.6 is 11.8 Å². The third-order valence-electron chi connectivity index (χ3n) is 1.85. The van der Waals surface area contributed by atoms with Gasteiger partial charge in [0.15, 0.2) is 0 Å². The van der Waals surface area contributed by atoms with Gasteiger partial charge in [-0.2, -0.15) is 0 Å². The molecule has 0 radical (unpaired) electrons. The van der Waals surface area contributed by atoms with Crippen molar-refractivity contribution >= 4 is 11.8 Å². The summed E-state index contributed by atoms with van der Waals surface area (Å²) in [6.07, 6.45) is 2.53. The zero-order chi connectivity index (χ0) is 7.40. The third kappa shape index (κ3) is 2.35. The monoisotopic (exact) mass is 157 g/mol. The number of nitrogens with one attached hydrogen (secondary N) is 1. The van der Waals surface area contributed by atoms with Crippen molar-refractivity contribution in [1.82, 2.24) is 5.32 Å². The van der Waals surface area contributed by atoms with E-state index in [4.69, 9.17) is 0 Å². The molecule has 2 heteroatoms. The number of hydrogen-bond acceptors (Lipinski definition) is 2. The first-order valence-electron chi connectivity index (χ1n) is 3.79. The van der Waals surface area contributed by atoms with E-state index >= 15 is 0 Å². The molecule has 0 aliphatic carbocycles. The van der Waals surface area contributed by atoms with Gasteiger partial charge >= 0.3 is 0 Å². The quantitative estimate of drug-likeness (QED) is 0.672. The van der Waals surface area contributed by atoms with Crippen LogP contribution in [0.5, 0.6) is 0 Å². The first-order valence-corrected chi connectivity index (χ1v) is 4.84. The maximum Gasteiger partial charge on any atom is 0.00732 e. The minimum Gasteiger partial charge on any atom is -0.317 e. The lowest BCUT2D eigenvalue weighted by molar-refractivity contribution is 0.600. The van der Waals surface area contributed by atoms with E-state index in [0.717, 1.165) is 0 Å². The molecule has 0 aromatic carbocycles. The third-order valence-corrected chi connectivity index (χ3v) is 2.79. The van der Waals surface area contributed by atoms with Gasteiger partial charge in [-0.3, -0.25) is 0 Å². The summed E-state index contributed by atoms with van der Waals surface area (Å²) in [7, 11) is 2.02. The second-order valence-electron chi connectivity index (χ2n) is 2.79. The fourth-order valence-corrected chi connectivity index (χ4v) is 2.02. The van der Waals surface area contributed by atoms with Crippen molar-refractivity contribution in [3.8, 4) is 0 Å². The van der Waals surface area contributed by atoms with Gasteiger partial charge in [-0.05, 0) is 32.2 Å². The summed E-state index contributed by atoms with van der Waals surface area (Å²) < 4.78 is 0. The van der Waals surface area contributed by atoms with Gasteiger partial charge in [0, 0.05) is 11.8 Å². The van der Waals surface area contributed by atoms with Crippen LogP contribution in [0.15, 0.2) is 11.0 Å². The summed E-state index contributed by atoms with van der Waals surface area (Å²) >= 11 is 1.94.